The fraction of sp³-hybridized carbons (Fsp3) is 0.188. The van der Waals surface area contributed by atoms with Gasteiger partial charge in [-0.3, -0.25) is 0 Å². The number of para-hydroxylation sites is 1. The maximum absolute atomic E-state index is 6.12. The van der Waals surface area contributed by atoms with Crippen LogP contribution in [0.2, 0.25) is 0 Å². The highest BCUT2D eigenvalue weighted by molar-refractivity contribution is 7.13. The van der Waals surface area contributed by atoms with Crippen molar-refractivity contribution >= 4 is 22.7 Å². The first kappa shape index (κ1) is 12.5. The molecule has 106 valence electrons. The maximum atomic E-state index is 6.12. The summed E-state index contributed by atoms with van der Waals surface area (Å²) in [4.78, 5) is 6.97. The van der Waals surface area contributed by atoms with Gasteiger partial charge in [0.05, 0.1) is 29.9 Å². The van der Waals surface area contributed by atoms with Gasteiger partial charge in [-0.05, 0) is 30.2 Å². The summed E-state index contributed by atoms with van der Waals surface area (Å²) >= 11 is 1.61. The zero-order chi connectivity index (χ0) is 14.2. The van der Waals surface area contributed by atoms with E-state index in [4.69, 9.17) is 10.2 Å². The van der Waals surface area contributed by atoms with Gasteiger partial charge in [0, 0.05) is 11.9 Å². The van der Waals surface area contributed by atoms with E-state index in [0.717, 1.165) is 41.7 Å². The van der Waals surface area contributed by atoms with Crippen LogP contribution in [-0.4, -0.2) is 11.5 Å². The predicted molar refractivity (Wildman–Crippen MR) is 85.4 cm³/mol. The molecule has 21 heavy (non-hydrogen) atoms. The molecule has 4 rings (SSSR count). The summed E-state index contributed by atoms with van der Waals surface area (Å²) in [5.41, 5.74) is 10.5. The van der Waals surface area contributed by atoms with Crippen molar-refractivity contribution in [1.29, 1.82) is 0 Å². The van der Waals surface area contributed by atoms with Crippen LogP contribution in [0.5, 0.6) is 0 Å². The summed E-state index contributed by atoms with van der Waals surface area (Å²) in [6.45, 7) is 1.79. The van der Waals surface area contributed by atoms with E-state index in [1.165, 1.54) is 11.3 Å². The summed E-state index contributed by atoms with van der Waals surface area (Å²) in [7, 11) is 0. The number of rotatable bonds is 3. The van der Waals surface area contributed by atoms with Crippen LogP contribution in [0.4, 0.5) is 11.4 Å². The quantitative estimate of drug-likeness (QED) is 0.751. The number of furan rings is 1. The van der Waals surface area contributed by atoms with Crippen LogP contribution in [-0.2, 0) is 13.0 Å². The van der Waals surface area contributed by atoms with Gasteiger partial charge < -0.3 is 15.1 Å². The van der Waals surface area contributed by atoms with Crippen LogP contribution in [0.25, 0.3) is 10.8 Å². The molecule has 2 N–H and O–H groups in total. The highest BCUT2D eigenvalue weighted by Crippen LogP contribution is 2.35. The van der Waals surface area contributed by atoms with Crippen LogP contribution in [0.3, 0.4) is 0 Å². The van der Waals surface area contributed by atoms with E-state index >= 15 is 0 Å². The summed E-state index contributed by atoms with van der Waals surface area (Å²) in [5, 5.41) is 3.02. The fourth-order valence-electron chi connectivity index (χ4n) is 2.81. The average Bonchev–Trinajstić information content (AvgIpc) is 3.19. The minimum Gasteiger partial charge on any atom is -0.462 e. The Balaban J connectivity index is 1.59. The van der Waals surface area contributed by atoms with E-state index < -0.39 is 0 Å². The molecule has 1 aliphatic rings. The molecule has 4 nitrogen and oxygen atoms in total. The van der Waals surface area contributed by atoms with Crippen molar-refractivity contribution in [3.05, 3.63) is 53.2 Å². The minimum atomic E-state index is 0.790. The second-order valence-corrected chi connectivity index (χ2v) is 6.01. The summed E-state index contributed by atoms with van der Waals surface area (Å²) in [6.07, 6.45) is 2.73. The van der Waals surface area contributed by atoms with Gasteiger partial charge in [0.15, 0.2) is 10.8 Å². The van der Waals surface area contributed by atoms with Crippen LogP contribution in [0, 0.1) is 0 Å². The van der Waals surface area contributed by atoms with Gasteiger partial charge in [0.2, 0.25) is 0 Å². The monoisotopic (exact) mass is 297 g/mol. The molecule has 1 aliphatic heterocycles. The number of hydrogen-bond acceptors (Lipinski definition) is 5. The third kappa shape index (κ3) is 2.19. The van der Waals surface area contributed by atoms with Crippen molar-refractivity contribution in [2.75, 3.05) is 17.2 Å². The van der Waals surface area contributed by atoms with Gasteiger partial charge in [-0.25, -0.2) is 4.98 Å². The lowest BCUT2D eigenvalue weighted by Crippen LogP contribution is -2.20. The van der Waals surface area contributed by atoms with Crippen molar-refractivity contribution in [2.24, 2.45) is 0 Å². The lowest BCUT2D eigenvalue weighted by atomic mass is 10.1. The first-order valence-corrected chi connectivity index (χ1v) is 7.80. The predicted octanol–water partition coefficient (Wildman–Crippen LogP) is 3.55. The number of thiazole rings is 1. The summed E-state index contributed by atoms with van der Waals surface area (Å²) < 4.78 is 5.39. The van der Waals surface area contributed by atoms with Crippen LogP contribution < -0.4 is 10.6 Å². The van der Waals surface area contributed by atoms with Crippen LogP contribution >= 0.6 is 11.3 Å². The number of fused-ring (bicyclic) bond motifs is 1. The number of aromatic nitrogens is 1. The first-order chi connectivity index (χ1) is 10.3. The maximum Gasteiger partial charge on any atom is 0.162 e. The number of nitrogen functional groups attached to an aromatic ring is 1. The second-order valence-electron chi connectivity index (χ2n) is 5.15. The SMILES string of the molecule is Nc1cccc2c1N(Cc1csc(-c3ccco3)n1)CC2. The fourth-order valence-corrected chi connectivity index (χ4v) is 3.59. The Kier molecular flexibility index (Phi) is 2.93. The summed E-state index contributed by atoms with van der Waals surface area (Å²) in [5.74, 6) is 0.826. The Labute approximate surface area is 126 Å². The van der Waals surface area contributed by atoms with Crippen molar-refractivity contribution in [3.8, 4) is 10.8 Å². The van der Waals surface area contributed by atoms with Crippen molar-refractivity contribution in [3.63, 3.8) is 0 Å². The molecule has 0 radical (unpaired) electrons. The molecule has 0 amide bonds. The molecule has 1 aromatic carbocycles. The molecule has 3 aromatic rings. The van der Waals surface area contributed by atoms with Crippen LogP contribution in [0.15, 0.2) is 46.4 Å². The lowest BCUT2D eigenvalue weighted by molar-refractivity contribution is 0.581. The number of benzene rings is 1. The van der Waals surface area contributed by atoms with E-state index in [2.05, 4.69) is 21.3 Å². The molecule has 3 heterocycles. The van der Waals surface area contributed by atoms with Gasteiger partial charge >= 0.3 is 0 Å². The van der Waals surface area contributed by atoms with E-state index in [-0.39, 0.29) is 0 Å². The van der Waals surface area contributed by atoms with Crippen LogP contribution in [0.1, 0.15) is 11.3 Å². The zero-order valence-corrected chi connectivity index (χ0v) is 12.3. The molecular formula is C16H15N3OS. The topological polar surface area (TPSA) is 55.3 Å². The third-order valence-electron chi connectivity index (χ3n) is 3.75. The Bertz CT molecular complexity index is 764. The van der Waals surface area contributed by atoms with Crippen molar-refractivity contribution in [2.45, 2.75) is 13.0 Å². The van der Waals surface area contributed by atoms with E-state index in [0.29, 0.717) is 0 Å². The molecule has 0 unspecified atom stereocenters. The molecule has 0 aliphatic carbocycles. The van der Waals surface area contributed by atoms with E-state index in [1.54, 1.807) is 17.6 Å². The minimum absolute atomic E-state index is 0.790. The molecule has 2 aromatic heterocycles. The Hall–Kier alpha value is -2.27. The Morgan fingerprint density at radius 1 is 1.29 bits per heavy atom. The van der Waals surface area contributed by atoms with Gasteiger partial charge in [-0.1, -0.05) is 12.1 Å². The molecule has 0 spiro atoms. The molecule has 0 fully saturated rings. The smallest absolute Gasteiger partial charge is 0.162 e. The molecular weight excluding hydrogens is 282 g/mol. The van der Waals surface area contributed by atoms with E-state index in [1.807, 2.05) is 24.3 Å². The number of nitrogens with two attached hydrogens (primary N) is 1. The van der Waals surface area contributed by atoms with Gasteiger partial charge in [-0.2, -0.15) is 0 Å². The van der Waals surface area contributed by atoms with E-state index in [9.17, 15) is 0 Å². The van der Waals surface area contributed by atoms with Gasteiger partial charge in [0.25, 0.3) is 0 Å². The van der Waals surface area contributed by atoms with Crippen molar-refractivity contribution in [1.82, 2.24) is 4.98 Å². The second kappa shape index (κ2) is 4.93. The largest absolute Gasteiger partial charge is 0.462 e. The molecule has 0 bridgehead atoms. The summed E-state index contributed by atoms with van der Waals surface area (Å²) in [6, 6.07) is 9.96. The van der Waals surface area contributed by atoms with Gasteiger partial charge in [0.1, 0.15) is 0 Å². The highest BCUT2D eigenvalue weighted by Gasteiger charge is 2.22. The Morgan fingerprint density at radius 2 is 2.24 bits per heavy atom. The average molecular weight is 297 g/mol. The third-order valence-corrected chi connectivity index (χ3v) is 4.66. The number of anilines is 2. The molecule has 0 saturated heterocycles. The number of nitrogens with zero attached hydrogens (tertiary/aromatic N) is 2. The normalized spacial score (nSPS) is 13.6. The zero-order valence-electron chi connectivity index (χ0n) is 11.5. The lowest BCUT2D eigenvalue weighted by Gasteiger charge is -2.19. The molecule has 0 atom stereocenters. The highest BCUT2D eigenvalue weighted by atomic mass is 32.1. The van der Waals surface area contributed by atoms with Crippen molar-refractivity contribution < 1.29 is 4.42 Å². The number of hydrogen-bond donors (Lipinski definition) is 1. The standard InChI is InChI=1S/C16H15N3OS/c17-13-4-1-3-11-6-7-19(15(11)13)9-12-10-21-16(18-12)14-5-2-8-20-14/h1-5,8,10H,6-7,9,17H2. The molecule has 0 saturated carbocycles. The van der Waals surface area contributed by atoms with Gasteiger partial charge in [-0.15, -0.1) is 11.3 Å². The Morgan fingerprint density at radius 3 is 3.10 bits per heavy atom. The molecule has 5 heteroatoms. The first-order valence-electron chi connectivity index (χ1n) is 6.92.